The first-order chi connectivity index (χ1) is 14.6. The van der Waals surface area contributed by atoms with E-state index in [2.05, 4.69) is 15.3 Å². The van der Waals surface area contributed by atoms with Gasteiger partial charge in [-0.1, -0.05) is 0 Å². The number of hydrogen-bond donors (Lipinski definition) is 2. The number of aryl methyl sites for hydroxylation is 2. The van der Waals surface area contributed by atoms with E-state index in [9.17, 15) is 9.59 Å². The third-order valence-corrected chi connectivity index (χ3v) is 7.16. The molecule has 0 atom stereocenters. The highest BCUT2D eigenvalue weighted by Gasteiger charge is 2.19. The maximum atomic E-state index is 12.6. The van der Waals surface area contributed by atoms with E-state index >= 15 is 0 Å². The van der Waals surface area contributed by atoms with Crippen molar-refractivity contribution in [3.63, 3.8) is 0 Å². The molecule has 2 N–H and O–H groups in total. The molecule has 0 saturated carbocycles. The number of fused-ring (bicyclic) bond motifs is 3. The molecule has 4 rings (SSSR count). The summed E-state index contributed by atoms with van der Waals surface area (Å²) in [5.74, 6) is 2.31. The van der Waals surface area contributed by atoms with Crippen molar-refractivity contribution in [3.05, 3.63) is 44.8 Å². The van der Waals surface area contributed by atoms with Crippen molar-refractivity contribution in [2.45, 2.75) is 31.4 Å². The zero-order chi connectivity index (χ0) is 21.1. The second kappa shape index (κ2) is 9.09. The number of aromatic amines is 1. The van der Waals surface area contributed by atoms with Crippen LogP contribution in [0.5, 0.6) is 11.5 Å². The predicted octanol–water partition coefficient (Wildman–Crippen LogP) is 3.75. The Morgan fingerprint density at radius 1 is 1.27 bits per heavy atom. The average molecular weight is 446 g/mol. The summed E-state index contributed by atoms with van der Waals surface area (Å²) in [5.41, 5.74) is 1.67. The van der Waals surface area contributed by atoms with Crippen LogP contribution < -0.4 is 20.3 Å². The number of rotatable bonds is 7. The number of aromatic nitrogens is 2. The van der Waals surface area contributed by atoms with E-state index in [4.69, 9.17) is 9.47 Å². The number of amides is 1. The summed E-state index contributed by atoms with van der Waals surface area (Å²) < 4.78 is 10.5. The van der Waals surface area contributed by atoms with Crippen LogP contribution in [-0.2, 0) is 23.4 Å². The molecule has 1 aromatic carbocycles. The van der Waals surface area contributed by atoms with Crippen LogP contribution in [0, 0.1) is 0 Å². The minimum atomic E-state index is -0.165. The first kappa shape index (κ1) is 20.7. The molecule has 1 aliphatic rings. The number of nitrogens with one attached hydrogen (secondary N) is 2. The number of hydrogen-bond acceptors (Lipinski definition) is 7. The van der Waals surface area contributed by atoms with E-state index in [-0.39, 0.29) is 17.2 Å². The minimum Gasteiger partial charge on any atom is -0.497 e. The molecular weight excluding hydrogens is 422 g/mol. The normalized spacial score (nSPS) is 13.1. The molecule has 1 aliphatic carbocycles. The van der Waals surface area contributed by atoms with Crippen LogP contribution in [0.1, 0.15) is 29.1 Å². The molecule has 0 aliphatic heterocycles. The van der Waals surface area contributed by atoms with Gasteiger partial charge in [0.15, 0.2) is 0 Å². The van der Waals surface area contributed by atoms with Crippen LogP contribution in [0.2, 0.25) is 0 Å². The lowest BCUT2D eigenvalue weighted by molar-refractivity contribution is -0.113. The highest BCUT2D eigenvalue weighted by molar-refractivity contribution is 7.99. The van der Waals surface area contributed by atoms with Gasteiger partial charge >= 0.3 is 0 Å². The summed E-state index contributed by atoms with van der Waals surface area (Å²) in [6, 6.07) is 5.23. The summed E-state index contributed by atoms with van der Waals surface area (Å²) in [6.45, 7) is 0. The number of carbonyl (C=O) groups excluding carboxylic acids is 1. The van der Waals surface area contributed by atoms with E-state index in [1.807, 2.05) is 0 Å². The standard InChI is InChI=1S/C21H23N3O4S2/c1-27-12-7-8-15(28-2)14(9-12)22-18(25)11-29-10-17-23-20(26)19-13-5-3-4-6-16(13)30-21(19)24-17/h7-9H,3-6,10-11H2,1-2H3,(H,22,25)(H,23,24,26). The Morgan fingerprint density at radius 3 is 2.90 bits per heavy atom. The van der Waals surface area contributed by atoms with E-state index in [0.717, 1.165) is 29.5 Å². The fourth-order valence-corrected chi connectivity index (χ4v) is 5.59. The fraction of sp³-hybridized carbons (Fsp3) is 0.381. The van der Waals surface area contributed by atoms with Crippen molar-refractivity contribution in [2.24, 2.45) is 0 Å². The highest BCUT2D eigenvalue weighted by atomic mass is 32.2. The van der Waals surface area contributed by atoms with Gasteiger partial charge < -0.3 is 19.8 Å². The molecule has 0 radical (unpaired) electrons. The number of benzene rings is 1. The molecule has 0 saturated heterocycles. The summed E-state index contributed by atoms with van der Waals surface area (Å²) in [7, 11) is 3.12. The Hall–Kier alpha value is -2.52. The van der Waals surface area contributed by atoms with Crippen molar-refractivity contribution in [1.82, 2.24) is 9.97 Å². The van der Waals surface area contributed by atoms with E-state index < -0.39 is 0 Å². The number of carbonyl (C=O) groups is 1. The van der Waals surface area contributed by atoms with Crippen molar-refractivity contribution in [3.8, 4) is 11.5 Å². The van der Waals surface area contributed by atoms with Crippen LogP contribution in [0.15, 0.2) is 23.0 Å². The van der Waals surface area contributed by atoms with Gasteiger partial charge in [0.25, 0.3) is 5.56 Å². The third kappa shape index (κ3) is 4.32. The lowest BCUT2D eigenvalue weighted by atomic mass is 9.97. The predicted molar refractivity (Wildman–Crippen MR) is 121 cm³/mol. The molecule has 9 heteroatoms. The quantitative estimate of drug-likeness (QED) is 0.575. The first-order valence-corrected chi connectivity index (χ1v) is 11.7. The van der Waals surface area contributed by atoms with Gasteiger partial charge in [0, 0.05) is 10.9 Å². The lowest BCUT2D eigenvalue weighted by Crippen LogP contribution is -2.16. The van der Waals surface area contributed by atoms with Crippen LogP contribution in [-0.4, -0.2) is 35.8 Å². The Bertz CT molecular complexity index is 1140. The minimum absolute atomic E-state index is 0.0689. The zero-order valence-electron chi connectivity index (χ0n) is 16.9. The molecule has 7 nitrogen and oxygen atoms in total. The first-order valence-electron chi connectivity index (χ1n) is 9.72. The number of H-pyrrole nitrogens is 1. The molecule has 3 aromatic rings. The SMILES string of the molecule is COc1ccc(OC)c(NC(=O)CSCc2nc3sc4c(c3c(=O)[nH]2)CCCC4)c1. The largest absolute Gasteiger partial charge is 0.497 e. The van der Waals surface area contributed by atoms with Crippen molar-refractivity contribution >= 4 is 44.9 Å². The van der Waals surface area contributed by atoms with Gasteiger partial charge in [0.2, 0.25) is 5.91 Å². The lowest BCUT2D eigenvalue weighted by Gasteiger charge is -2.11. The number of anilines is 1. The molecule has 30 heavy (non-hydrogen) atoms. The zero-order valence-corrected chi connectivity index (χ0v) is 18.5. The number of thiophene rings is 1. The van der Waals surface area contributed by atoms with Gasteiger partial charge in [-0.05, 0) is 43.4 Å². The Kier molecular flexibility index (Phi) is 6.29. The summed E-state index contributed by atoms with van der Waals surface area (Å²) in [5, 5.41) is 3.60. The molecule has 0 fully saturated rings. The topological polar surface area (TPSA) is 93.3 Å². The smallest absolute Gasteiger partial charge is 0.259 e. The number of ether oxygens (including phenoxy) is 2. The number of thioether (sulfide) groups is 1. The monoisotopic (exact) mass is 445 g/mol. The van der Waals surface area contributed by atoms with Crippen molar-refractivity contribution < 1.29 is 14.3 Å². The van der Waals surface area contributed by atoms with Gasteiger partial charge in [-0.2, -0.15) is 0 Å². The maximum absolute atomic E-state index is 12.6. The molecule has 0 bridgehead atoms. The molecular formula is C21H23N3O4S2. The second-order valence-electron chi connectivity index (χ2n) is 7.01. The average Bonchev–Trinajstić information content (AvgIpc) is 3.12. The van der Waals surface area contributed by atoms with Gasteiger partial charge in [-0.3, -0.25) is 9.59 Å². The second-order valence-corrected chi connectivity index (χ2v) is 9.08. The van der Waals surface area contributed by atoms with Crippen molar-refractivity contribution in [2.75, 3.05) is 25.3 Å². The van der Waals surface area contributed by atoms with Crippen molar-refractivity contribution in [1.29, 1.82) is 0 Å². The molecule has 158 valence electrons. The summed E-state index contributed by atoms with van der Waals surface area (Å²) in [6.07, 6.45) is 4.30. The fourth-order valence-electron chi connectivity index (χ4n) is 3.62. The highest BCUT2D eigenvalue weighted by Crippen LogP contribution is 2.33. The summed E-state index contributed by atoms with van der Waals surface area (Å²) >= 11 is 3.03. The van der Waals surface area contributed by atoms with Crippen LogP contribution in [0.4, 0.5) is 5.69 Å². The molecule has 2 heterocycles. The van der Waals surface area contributed by atoms with E-state index in [1.54, 1.807) is 43.8 Å². The summed E-state index contributed by atoms with van der Waals surface area (Å²) in [4.78, 5) is 34.6. The Balaban J connectivity index is 1.40. The van der Waals surface area contributed by atoms with Crippen LogP contribution in [0.3, 0.4) is 0 Å². The van der Waals surface area contributed by atoms with Gasteiger partial charge in [-0.15, -0.1) is 23.1 Å². The number of methoxy groups -OCH3 is 2. The van der Waals surface area contributed by atoms with E-state index in [0.29, 0.717) is 28.8 Å². The molecule has 0 unspecified atom stereocenters. The van der Waals surface area contributed by atoms with Gasteiger partial charge in [0.1, 0.15) is 22.2 Å². The molecule has 0 spiro atoms. The molecule has 2 aromatic heterocycles. The van der Waals surface area contributed by atoms with Crippen LogP contribution >= 0.6 is 23.1 Å². The van der Waals surface area contributed by atoms with Gasteiger partial charge in [0.05, 0.1) is 36.8 Å². The van der Waals surface area contributed by atoms with Crippen LogP contribution in [0.25, 0.3) is 10.2 Å². The third-order valence-electron chi connectivity index (χ3n) is 5.03. The maximum Gasteiger partial charge on any atom is 0.259 e. The number of nitrogens with zero attached hydrogens (tertiary/aromatic N) is 1. The van der Waals surface area contributed by atoms with Gasteiger partial charge in [-0.25, -0.2) is 4.98 Å². The Morgan fingerprint density at radius 2 is 2.10 bits per heavy atom. The van der Waals surface area contributed by atoms with E-state index in [1.165, 1.54) is 28.6 Å². The Labute approximate surface area is 182 Å². The molecule has 1 amide bonds.